The van der Waals surface area contributed by atoms with E-state index in [0.717, 1.165) is 17.5 Å². The zero-order chi connectivity index (χ0) is 17.4. The van der Waals surface area contributed by atoms with Gasteiger partial charge in [-0.3, -0.25) is 4.72 Å². The van der Waals surface area contributed by atoms with Crippen molar-refractivity contribution < 1.29 is 21.6 Å². The van der Waals surface area contributed by atoms with Gasteiger partial charge in [0.25, 0.3) is 10.0 Å². The molecule has 3 aromatic rings. The largest absolute Gasteiger partial charge is 0.418 e. The van der Waals surface area contributed by atoms with E-state index in [0.29, 0.717) is 5.39 Å². The van der Waals surface area contributed by atoms with E-state index < -0.39 is 27.5 Å². The predicted molar refractivity (Wildman–Crippen MR) is 86.2 cm³/mol. The summed E-state index contributed by atoms with van der Waals surface area (Å²) in [5.74, 6) is 0. The van der Waals surface area contributed by atoms with Gasteiger partial charge in [0.2, 0.25) is 0 Å². The zero-order valence-corrected chi connectivity index (χ0v) is 13.0. The van der Waals surface area contributed by atoms with Crippen LogP contribution in [0, 0.1) is 0 Å². The highest BCUT2D eigenvalue weighted by Crippen LogP contribution is 2.35. The minimum Gasteiger partial charge on any atom is -0.279 e. The van der Waals surface area contributed by atoms with Gasteiger partial charge in [-0.1, -0.05) is 42.5 Å². The fourth-order valence-electron chi connectivity index (χ4n) is 2.36. The summed E-state index contributed by atoms with van der Waals surface area (Å²) in [5, 5.41) is 1.52. The lowest BCUT2D eigenvalue weighted by Crippen LogP contribution is -2.17. The summed E-state index contributed by atoms with van der Waals surface area (Å²) in [7, 11) is -4.14. The molecule has 0 unspecified atom stereocenters. The van der Waals surface area contributed by atoms with Crippen LogP contribution in [-0.4, -0.2) is 8.42 Å². The molecule has 7 heteroatoms. The second-order valence-electron chi connectivity index (χ2n) is 5.16. The molecule has 0 atom stereocenters. The minimum atomic E-state index is -4.65. The van der Waals surface area contributed by atoms with Crippen LogP contribution >= 0.6 is 0 Å². The smallest absolute Gasteiger partial charge is 0.279 e. The summed E-state index contributed by atoms with van der Waals surface area (Å²) in [6, 6.07) is 16.0. The van der Waals surface area contributed by atoms with Gasteiger partial charge in [-0.15, -0.1) is 0 Å². The third-order valence-electron chi connectivity index (χ3n) is 3.51. The van der Waals surface area contributed by atoms with Gasteiger partial charge in [-0.25, -0.2) is 8.42 Å². The van der Waals surface area contributed by atoms with Gasteiger partial charge < -0.3 is 0 Å². The van der Waals surface area contributed by atoms with E-state index in [1.807, 2.05) is 16.9 Å². The molecule has 0 aliphatic rings. The van der Waals surface area contributed by atoms with Crippen LogP contribution in [0.2, 0.25) is 0 Å². The van der Waals surface area contributed by atoms with Crippen LogP contribution in [-0.2, 0) is 16.2 Å². The van der Waals surface area contributed by atoms with Crippen molar-refractivity contribution in [3.63, 3.8) is 0 Å². The van der Waals surface area contributed by atoms with Crippen molar-refractivity contribution in [3.05, 3.63) is 72.3 Å². The second-order valence-corrected chi connectivity index (χ2v) is 6.84. The fraction of sp³-hybridized carbons (Fsp3) is 0.0588. The van der Waals surface area contributed by atoms with Crippen LogP contribution in [0.3, 0.4) is 0 Å². The lowest BCUT2D eigenvalue weighted by Gasteiger charge is -2.14. The van der Waals surface area contributed by atoms with E-state index in [-0.39, 0.29) is 4.90 Å². The van der Waals surface area contributed by atoms with E-state index >= 15 is 0 Å². The third-order valence-corrected chi connectivity index (χ3v) is 4.87. The van der Waals surface area contributed by atoms with Crippen molar-refractivity contribution in [2.75, 3.05) is 4.72 Å². The van der Waals surface area contributed by atoms with E-state index in [4.69, 9.17) is 0 Å². The van der Waals surface area contributed by atoms with Crippen molar-refractivity contribution in [2.45, 2.75) is 11.1 Å². The van der Waals surface area contributed by atoms with Gasteiger partial charge in [0.05, 0.1) is 16.1 Å². The molecule has 0 spiro atoms. The summed E-state index contributed by atoms with van der Waals surface area (Å²) in [6.07, 6.45) is -4.65. The van der Waals surface area contributed by atoms with Crippen LogP contribution in [0.4, 0.5) is 18.9 Å². The maximum Gasteiger partial charge on any atom is 0.418 e. The highest BCUT2D eigenvalue weighted by atomic mass is 32.2. The maximum atomic E-state index is 13.0. The van der Waals surface area contributed by atoms with Crippen molar-refractivity contribution in [1.82, 2.24) is 0 Å². The van der Waals surface area contributed by atoms with Crippen LogP contribution < -0.4 is 4.72 Å². The molecule has 0 saturated carbocycles. The van der Waals surface area contributed by atoms with E-state index in [9.17, 15) is 21.6 Å². The zero-order valence-electron chi connectivity index (χ0n) is 12.2. The van der Waals surface area contributed by atoms with Gasteiger partial charge in [-0.05, 0) is 35.0 Å². The van der Waals surface area contributed by atoms with E-state index in [1.54, 1.807) is 18.2 Å². The Bertz CT molecular complexity index is 998. The molecule has 0 aliphatic heterocycles. The number of alkyl halides is 3. The first-order valence-corrected chi connectivity index (χ1v) is 8.43. The highest BCUT2D eigenvalue weighted by Gasteiger charge is 2.34. The fourth-order valence-corrected chi connectivity index (χ4v) is 3.47. The summed E-state index contributed by atoms with van der Waals surface area (Å²) < 4.78 is 65.9. The first kappa shape index (κ1) is 16.3. The Hall–Kier alpha value is -2.54. The average Bonchev–Trinajstić information content (AvgIpc) is 2.53. The number of sulfonamides is 1. The first-order valence-electron chi connectivity index (χ1n) is 6.95. The number of benzene rings is 3. The van der Waals surface area contributed by atoms with Crippen LogP contribution in [0.15, 0.2) is 71.6 Å². The Morgan fingerprint density at radius 2 is 1.42 bits per heavy atom. The number of hydrogen-bond acceptors (Lipinski definition) is 2. The van der Waals surface area contributed by atoms with E-state index in [1.165, 1.54) is 24.3 Å². The predicted octanol–water partition coefficient (Wildman–Crippen LogP) is 4.66. The molecule has 0 amide bonds. The second kappa shape index (κ2) is 5.83. The molecule has 3 nitrogen and oxygen atoms in total. The SMILES string of the molecule is O=S(=O)(Nc1ccccc1C(F)(F)F)c1ccc2ccccc2c1. The molecule has 0 aromatic heterocycles. The Morgan fingerprint density at radius 3 is 2.12 bits per heavy atom. The molecule has 0 saturated heterocycles. The number of halogens is 3. The van der Waals surface area contributed by atoms with Crippen LogP contribution in [0.25, 0.3) is 10.8 Å². The molecule has 0 fully saturated rings. The lowest BCUT2D eigenvalue weighted by molar-refractivity contribution is -0.136. The van der Waals surface area contributed by atoms with Crippen molar-refractivity contribution >= 4 is 26.5 Å². The molecule has 0 radical (unpaired) electrons. The first-order chi connectivity index (χ1) is 11.3. The van der Waals surface area contributed by atoms with Gasteiger partial charge in [-0.2, -0.15) is 13.2 Å². The van der Waals surface area contributed by atoms with E-state index in [2.05, 4.69) is 0 Å². The molecule has 124 valence electrons. The molecular weight excluding hydrogens is 339 g/mol. The summed E-state index contributed by atoms with van der Waals surface area (Å²) in [5.41, 5.74) is -1.53. The molecule has 0 bridgehead atoms. The standard InChI is InChI=1S/C17H12F3NO2S/c18-17(19,20)15-7-3-4-8-16(15)21-24(22,23)14-10-9-12-5-1-2-6-13(12)11-14/h1-11,21H. The van der Waals surface area contributed by atoms with Gasteiger partial charge >= 0.3 is 6.18 Å². The number of anilines is 1. The van der Waals surface area contributed by atoms with Gasteiger partial charge in [0.1, 0.15) is 0 Å². The van der Waals surface area contributed by atoms with Crippen LogP contribution in [0.5, 0.6) is 0 Å². The molecule has 24 heavy (non-hydrogen) atoms. The van der Waals surface area contributed by atoms with Gasteiger partial charge in [0, 0.05) is 0 Å². The molecular formula is C17H12F3NO2S. The number of nitrogens with one attached hydrogen (secondary N) is 1. The molecule has 3 aromatic carbocycles. The normalized spacial score (nSPS) is 12.3. The number of para-hydroxylation sites is 1. The monoisotopic (exact) mass is 351 g/mol. The lowest BCUT2D eigenvalue weighted by atomic mass is 10.1. The topological polar surface area (TPSA) is 46.2 Å². The Morgan fingerprint density at radius 1 is 0.792 bits per heavy atom. The van der Waals surface area contributed by atoms with Crippen LogP contribution in [0.1, 0.15) is 5.56 Å². The maximum absolute atomic E-state index is 13.0. The quantitative estimate of drug-likeness (QED) is 0.746. The number of fused-ring (bicyclic) bond motifs is 1. The van der Waals surface area contributed by atoms with Crippen molar-refractivity contribution in [3.8, 4) is 0 Å². The van der Waals surface area contributed by atoms with Gasteiger partial charge in [0.15, 0.2) is 0 Å². The summed E-state index contributed by atoms with van der Waals surface area (Å²) in [4.78, 5) is -0.0989. The summed E-state index contributed by atoms with van der Waals surface area (Å²) >= 11 is 0. The summed E-state index contributed by atoms with van der Waals surface area (Å²) in [6.45, 7) is 0. The minimum absolute atomic E-state index is 0.0989. The third kappa shape index (κ3) is 3.21. The molecule has 3 rings (SSSR count). The number of hydrogen-bond donors (Lipinski definition) is 1. The number of rotatable bonds is 3. The van der Waals surface area contributed by atoms with Crippen molar-refractivity contribution in [2.24, 2.45) is 0 Å². The molecule has 0 aliphatic carbocycles. The Labute approximate surface area is 136 Å². The Kier molecular flexibility index (Phi) is 3.96. The molecule has 1 N–H and O–H groups in total. The molecule has 0 heterocycles. The highest BCUT2D eigenvalue weighted by molar-refractivity contribution is 7.92. The Balaban J connectivity index is 2.02. The van der Waals surface area contributed by atoms with Crippen molar-refractivity contribution in [1.29, 1.82) is 0 Å². The average molecular weight is 351 g/mol.